The van der Waals surface area contributed by atoms with E-state index in [4.69, 9.17) is 9.47 Å². The Morgan fingerprint density at radius 2 is 1.89 bits per heavy atom. The second-order valence-electron chi connectivity index (χ2n) is 11.0. The monoisotopic (exact) mass is 474 g/mol. The second-order valence-corrected chi connectivity index (χ2v) is 11.0. The van der Waals surface area contributed by atoms with E-state index in [1.165, 1.54) is 5.69 Å². The van der Waals surface area contributed by atoms with Gasteiger partial charge in [0.2, 0.25) is 5.91 Å². The molecular weight excluding hydrogens is 440 g/mol. The molecule has 2 unspecified atom stereocenters. The number of benzene rings is 1. The van der Waals surface area contributed by atoms with E-state index in [-0.39, 0.29) is 11.8 Å². The van der Waals surface area contributed by atoms with Crippen molar-refractivity contribution in [3.05, 3.63) is 42.1 Å². The van der Waals surface area contributed by atoms with Gasteiger partial charge < -0.3 is 24.6 Å². The Labute approximate surface area is 206 Å². The van der Waals surface area contributed by atoms with Crippen LogP contribution in [0.25, 0.3) is 0 Å². The number of morpholine rings is 1. The fourth-order valence-corrected chi connectivity index (χ4v) is 7.48. The molecule has 1 aromatic heterocycles. The predicted octanol–water partition coefficient (Wildman–Crippen LogP) is 4.49. The maximum Gasteiger partial charge on any atom is 0.230 e. The fraction of sp³-hybridized carbons (Fsp3) is 0.571. The third kappa shape index (κ3) is 3.62. The molecule has 1 aromatic carbocycles. The highest BCUT2D eigenvalue weighted by Gasteiger charge is 2.49. The Morgan fingerprint density at radius 3 is 2.71 bits per heavy atom. The van der Waals surface area contributed by atoms with Crippen LogP contribution in [-0.2, 0) is 20.8 Å². The highest BCUT2D eigenvalue weighted by Crippen LogP contribution is 2.50. The van der Waals surface area contributed by atoms with Gasteiger partial charge in [-0.3, -0.25) is 4.79 Å². The number of carbonyl (C=O) groups is 1. The molecule has 4 heterocycles. The summed E-state index contributed by atoms with van der Waals surface area (Å²) in [6, 6.07) is 10.6. The lowest BCUT2D eigenvalue weighted by atomic mass is 9.90. The molecule has 6 atom stereocenters. The highest BCUT2D eigenvalue weighted by molar-refractivity contribution is 6.00. The van der Waals surface area contributed by atoms with E-state index in [0.29, 0.717) is 36.7 Å². The smallest absolute Gasteiger partial charge is 0.230 e. The van der Waals surface area contributed by atoms with Crippen LogP contribution < -0.4 is 15.1 Å². The van der Waals surface area contributed by atoms with Crippen molar-refractivity contribution in [1.29, 1.82) is 0 Å². The molecule has 7 heteroatoms. The average Bonchev–Trinajstić information content (AvgIpc) is 3.54. The van der Waals surface area contributed by atoms with Crippen molar-refractivity contribution in [3.63, 3.8) is 0 Å². The minimum atomic E-state index is 0.0640. The highest BCUT2D eigenvalue weighted by atomic mass is 16.5. The molecule has 2 saturated heterocycles. The largest absolute Gasteiger partial charge is 0.381 e. The van der Waals surface area contributed by atoms with Crippen LogP contribution >= 0.6 is 0 Å². The molecule has 35 heavy (non-hydrogen) atoms. The van der Waals surface area contributed by atoms with E-state index >= 15 is 0 Å². The number of carbonyl (C=O) groups excluding carboxylic acids is 1. The van der Waals surface area contributed by atoms with Crippen molar-refractivity contribution in [2.75, 3.05) is 35.3 Å². The van der Waals surface area contributed by atoms with Crippen LogP contribution in [0.5, 0.6) is 0 Å². The van der Waals surface area contributed by atoms with E-state index < -0.39 is 0 Å². The van der Waals surface area contributed by atoms with Crippen LogP contribution in [0.15, 0.2) is 36.5 Å². The Balaban J connectivity index is 1.25. The van der Waals surface area contributed by atoms with Gasteiger partial charge in [0.15, 0.2) is 0 Å². The molecule has 184 valence electrons. The predicted molar refractivity (Wildman–Crippen MR) is 135 cm³/mol. The average molecular weight is 475 g/mol. The van der Waals surface area contributed by atoms with Crippen molar-refractivity contribution >= 4 is 28.8 Å². The van der Waals surface area contributed by atoms with Crippen LogP contribution in [0, 0.1) is 17.8 Å². The van der Waals surface area contributed by atoms with E-state index in [0.717, 1.165) is 74.4 Å². The zero-order valence-corrected chi connectivity index (χ0v) is 20.4. The lowest BCUT2D eigenvalue weighted by Gasteiger charge is -2.35. The summed E-state index contributed by atoms with van der Waals surface area (Å²) in [5, 5.41) is 3.53. The quantitative estimate of drug-likeness (QED) is 0.707. The van der Waals surface area contributed by atoms with Gasteiger partial charge in [0.05, 0.1) is 36.2 Å². The van der Waals surface area contributed by atoms with Gasteiger partial charge in [0.1, 0.15) is 5.82 Å². The number of nitrogens with one attached hydrogen (secondary N) is 1. The van der Waals surface area contributed by atoms with Gasteiger partial charge >= 0.3 is 0 Å². The summed E-state index contributed by atoms with van der Waals surface area (Å²) < 4.78 is 11.8. The van der Waals surface area contributed by atoms with E-state index in [9.17, 15) is 4.79 Å². The third-order valence-corrected chi connectivity index (χ3v) is 9.18. The van der Waals surface area contributed by atoms with Crippen LogP contribution in [0.1, 0.15) is 44.1 Å². The van der Waals surface area contributed by atoms with Crippen molar-refractivity contribution < 1.29 is 14.3 Å². The molecule has 2 saturated carbocycles. The van der Waals surface area contributed by atoms with Gasteiger partial charge in [0.25, 0.3) is 0 Å². The van der Waals surface area contributed by atoms with Crippen molar-refractivity contribution in [1.82, 2.24) is 4.98 Å². The Kier molecular flexibility index (Phi) is 5.24. The first kappa shape index (κ1) is 21.6. The van der Waals surface area contributed by atoms with E-state index in [2.05, 4.69) is 39.5 Å². The van der Waals surface area contributed by atoms with E-state index in [1.54, 1.807) is 0 Å². The zero-order chi connectivity index (χ0) is 23.5. The van der Waals surface area contributed by atoms with Gasteiger partial charge in [0, 0.05) is 43.6 Å². The number of anilines is 4. The molecule has 1 amide bonds. The van der Waals surface area contributed by atoms with Crippen LogP contribution in [-0.4, -0.2) is 49.4 Å². The molecular formula is C28H34N4O3. The Morgan fingerprint density at radius 1 is 1.06 bits per heavy atom. The number of nitrogens with zero attached hydrogens (tertiary/aromatic N) is 3. The number of aromatic nitrogens is 1. The summed E-state index contributed by atoms with van der Waals surface area (Å²) in [5.74, 6) is 2.11. The molecule has 5 aliphatic rings. The summed E-state index contributed by atoms with van der Waals surface area (Å²) >= 11 is 0. The third-order valence-electron chi connectivity index (χ3n) is 9.18. The normalized spacial score (nSPS) is 33.1. The molecule has 1 N–H and O–H groups in total. The molecule has 0 radical (unpaired) electrons. The maximum absolute atomic E-state index is 14.3. The molecule has 2 aliphatic carbocycles. The summed E-state index contributed by atoms with van der Waals surface area (Å²) in [4.78, 5) is 23.3. The number of pyridine rings is 1. The summed E-state index contributed by atoms with van der Waals surface area (Å²) in [5.41, 5.74) is 4.14. The molecule has 7 nitrogen and oxygen atoms in total. The molecule has 3 aliphatic heterocycles. The van der Waals surface area contributed by atoms with Crippen molar-refractivity contribution in [2.45, 2.75) is 63.4 Å². The standard InChI is InChI=1S/C28H34N4O3/c1-34-26-11-9-21-22(26)7-8-23(21)28(33)32-14-17-3-2-12-29-27(17)30-24-10-4-18(13-25(24)32)31-15-19-5-6-20(16-31)35-19/h2-4,10,12-13,19-23,26H,5-9,11,14-16H2,1H3,(H,29,30)/t19?,20?,21-,22-,23+,26-/m1/s1. The number of hydrogen-bond donors (Lipinski definition) is 1. The van der Waals surface area contributed by atoms with Crippen LogP contribution in [0.4, 0.5) is 22.9 Å². The summed E-state index contributed by atoms with van der Waals surface area (Å²) in [7, 11) is 1.82. The fourth-order valence-electron chi connectivity index (χ4n) is 7.48. The number of hydrogen-bond acceptors (Lipinski definition) is 6. The molecule has 7 rings (SSSR count). The van der Waals surface area contributed by atoms with Crippen molar-refractivity contribution in [2.24, 2.45) is 17.8 Å². The zero-order valence-electron chi connectivity index (χ0n) is 20.4. The van der Waals surface area contributed by atoms with E-state index in [1.807, 2.05) is 24.3 Å². The van der Waals surface area contributed by atoms with Gasteiger partial charge in [-0.2, -0.15) is 0 Å². The van der Waals surface area contributed by atoms with Crippen LogP contribution in [0.2, 0.25) is 0 Å². The molecule has 2 bridgehead atoms. The topological polar surface area (TPSA) is 66.9 Å². The first-order chi connectivity index (χ1) is 17.2. The molecule has 0 spiro atoms. The van der Waals surface area contributed by atoms with Crippen LogP contribution in [0.3, 0.4) is 0 Å². The number of fused-ring (bicyclic) bond motifs is 5. The lowest BCUT2D eigenvalue weighted by Crippen LogP contribution is -2.42. The number of amides is 1. The maximum atomic E-state index is 14.3. The SMILES string of the molecule is CO[C@@H]1CC[C@@H]2[C@H]1CC[C@@H]2C(=O)N1Cc2cccnc2Nc2ccc(N3CC4CCC(C3)O4)cc21. The van der Waals surface area contributed by atoms with Gasteiger partial charge in [-0.15, -0.1) is 0 Å². The first-order valence-corrected chi connectivity index (χ1v) is 13.3. The lowest BCUT2D eigenvalue weighted by molar-refractivity contribution is -0.123. The Hall–Kier alpha value is -2.64. The minimum Gasteiger partial charge on any atom is -0.381 e. The number of ether oxygens (including phenoxy) is 2. The van der Waals surface area contributed by atoms with Gasteiger partial charge in [-0.25, -0.2) is 4.98 Å². The van der Waals surface area contributed by atoms with Crippen molar-refractivity contribution in [3.8, 4) is 0 Å². The molecule has 2 aromatic rings. The second kappa shape index (κ2) is 8.49. The number of rotatable bonds is 3. The molecule has 4 fully saturated rings. The Bertz CT molecular complexity index is 1130. The van der Waals surface area contributed by atoms with Gasteiger partial charge in [-0.1, -0.05) is 6.07 Å². The minimum absolute atomic E-state index is 0.0640. The summed E-state index contributed by atoms with van der Waals surface area (Å²) in [6.07, 6.45) is 9.27. The first-order valence-electron chi connectivity index (χ1n) is 13.3. The summed E-state index contributed by atoms with van der Waals surface area (Å²) in [6.45, 7) is 2.38. The number of methoxy groups -OCH3 is 1. The van der Waals surface area contributed by atoms with Gasteiger partial charge in [-0.05, 0) is 74.6 Å².